The van der Waals surface area contributed by atoms with E-state index in [0.717, 1.165) is 5.75 Å². The minimum Gasteiger partial charge on any atom is -0.304 e. The molecule has 0 fully saturated rings. The zero-order valence-corrected chi connectivity index (χ0v) is 8.21. The monoisotopic (exact) mass is 184 g/mol. The van der Waals surface area contributed by atoms with Gasteiger partial charge >= 0.3 is 6.80 Å². The second-order valence-electron chi connectivity index (χ2n) is 1.47. The molecule has 0 aliphatic heterocycles. The van der Waals surface area contributed by atoms with Crippen LogP contribution in [0, 0.1) is 0 Å². The van der Waals surface area contributed by atoms with Crippen LogP contribution in [-0.2, 0) is 13.6 Å². The van der Waals surface area contributed by atoms with E-state index in [0.29, 0.717) is 6.61 Å². The van der Waals surface area contributed by atoms with Gasteiger partial charge in [-0.25, -0.2) is 4.57 Å². The van der Waals surface area contributed by atoms with Gasteiger partial charge in [0.05, 0.1) is 6.61 Å². The molecule has 3 nitrogen and oxygen atoms in total. The summed E-state index contributed by atoms with van der Waals surface area (Å²) in [4.78, 5) is 0. The molecule has 0 aliphatic carbocycles. The Labute approximate surface area is 65.8 Å². The summed E-state index contributed by atoms with van der Waals surface area (Å²) in [6.45, 7) is 1.35. The maximum Gasteiger partial charge on any atom is 0.388 e. The van der Waals surface area contributed by atoms with Crippen molar-refractivity contribution in [3.05, 3.63) is 0 Å². The molecule has 0 aliphatic rings. The molecule has 62 valence electrons. The Morgan fingerprint density at radius 3 is 2.40 bits per heavy atom. The topological polar surface area (TPSA) is 35.5 Å². The van der Waals surface area contributed by atoms with Crippen molar-refractivity contribution in [1.29, 1.82) is 0 Å². The van der Waals surface area contributed by atoms with Crippen LogP contribution >= 0.6 is 18.2 Å². The molecule has 0 rings (SSSR count). The quantitative estimate of drug-likeness (QED) is 0.615. The van der Waals surface area contributed by atoms with Gasteiger partial charge in [0.15, 0.2) is 0 Å². The van der Waals surface area contributed by atoms with Crippen LogP contribution in [0.4, 0.5) is 0 Å². The lowest BCUT2D eigenvalue weighted by Crippen LogP contribution is -1.88. The molecule has 0 N–H and O–H groups in total. The number of hydrogen-bond donors (Lipinski definition) is 0. The summed E-state index contributed by atoms with van der Waals surface area (Å²) < 4.78 is 20.9. The van der Waals surface area contributed by atoms with E-state index in [-0.39, 0.29) is 0 Å². The minimum atomic E-state index is -2.78. The highest BCUT2D eigenvalue weighted by atomic mass is 32.7. The summed E-state index contributed by atoms with van der Waals surface area (Å²) in [5.74, 6) is 0.741. The highest BCUT2D eigenvalue weighted by molar-refractivity contribution is 8.55. The Balaban J connectivity index is 3.83. The van der Waals surface area contributed by atoms with Crippen LogP contribution in [0.1, 0.15) is 13.8 Å². The highest BCUT2D eigenvalue weighted by Gasteiger charge is 2.21. The molecule has 0 spiro atoms. The molecule has 0 bridgehead atoms. The fourth-order valence-corrected chi connectivity index (χ4v) is 3.18. The molecular weight excluding hydrogens is 171 g/mol. The Morgan fingerprint density at radius 2 is 2.10 bits per heavy atom. The maximum atomic E-state index is 11.3. The van der Waals surface area contributed by atoms with Crippen LogP contribution in [0.2, 0.25) is 0 Å². The van der Waals surface area contributed by atoms with E-state index in [9.17, 15) is 4.57 Å². The Kier molecular flexibility index (Phi) is 5.45. The molecule has 0 aromatic carbocycles. The zero-order valence-electron chi connectivity index (χ0n) is 6.49. The van der Waals surface area contributed by atoms with Crippen molar-refractivity contribution in [1.82, 2.24) is 0 Å². The van der Waals surface area contributed by atoms with Crippen molar-refractivity contribution in [3.63, 3.8) is 0 Å². The summed E-state index contributed by atoms with van der Waals surface area (Å²) in [6, 6.07) is 0. The van der Waals surface area contributed by atoms with Crippen molar-refractivity contribution in [2.45, 2.75) is 13.8 Å². The smallest absolute Gasteiger partial charge is 0.304 e. The largest absolute Gasteiger partial charge is 0.388 e. The lowest BCUT2D eigenvalue weighted by molar-refractivity contribution is 0.262. The van der Waals surface area contributed by atoms with Crippen LogP contribution in [0.15, 0.2) is 0 Å². The van der Waals surface area contributed by atoms with Crippen LogP contribution in [0.3, 0.4) is 0 Å². The van der Waals surface area contributed by atoms with Crippen LogP contribution in [0.5, 0.6) is 0 Å². The third-order valence-corrected chi connectivity index (χ3v) is 4.88. The molecule has 1 atom stereocenters. The molecule has 5 heteroatoms. The standard InChI is InChI=1S/C5H13O3PS/c1-4-8-9(6,7-3)10-5-2/h4-5H2,1-3H3. The zero-order chi connectivity index (χ0) is 8.04. The molecule has 1 unspecified atom stereocenters. The summed E-state index contributed by atoms with van der Waals surface area (Å²) in [5.41, 5.74) is 0. The average molecular weight is 184 g/mol. The van der Waals surface area contributed by atoms with Gasteiger partial charge in [-0.3, -0.25) is 0 Å². The minimum absolute atomic E-state index is 0.429. The molecule has 0 amide bonds. The third kappa shape index (κ3) is 3.62. The van der Waals surface area contributed by atoms with Crippen molar-refractivity contribution in [2.24, 2.45) is 0 Å². The summed E-state index contributed by atoms with van der Waals surface area (Å²) in [6.07, 6.45) is 0. The van der Waals surface area contributed by atoms with E-state index in [1.807, 2.05) is 6.92 Å². The normalized spacial score (nSPS) is 16.7. The summed E-state index contributed by atoms with van der Waals surface area (Å²) in [5, 5.41) is 0. The first-order valence-corrected chi connectivity index (χ1v) is 6.26. The molecular formula is C5H13O3PS. The second kappa shape index (κ2) is 5.19. The summed E-state index contributed by atoms with van der Waals surface area (Å²) >= 11 is 1.21. The van der Waals surface area contributed by atoms with Crippen molar-refractivity contribution in [3.8, 4) is 0 Å². The molecule has 0 saturated carbocycles. The number of hydrogen-bond acceptors (Lipinski definition) is 4. The van der Waals surface area contributed by atoms with E-state index >= 15 is 0 Å². The van der Waals surface area contributed by atoms with Crippen molar-refractivity contribution >= 4 is 18.2 Å². The van der Waals surface area contributed by atoms with Gasteiger partial charge in [0.2, 0.25) is 0 Å². The van der Waals surface area contributed by atoms with Crippen LogP contribution in [0.25, 0.3) is 0 Å². The molecule has 0 aromatic rings. The lowest BCUT2D eigenvalue weighted by Gasteiger charge is -2.12. The van der Waals surface area contributed by atoms with E-state index in [4.69, 9.17) is 9.05 Å². The highest BCUT2D eigenvalue weighted by Crippen LogP contribution is 2.59. The number of rotatable bonds is 5. The van der Waals surface area contributed by atoms with Gasteiger partial charge in [0.1, 0.15) is 0 Å². The van der Waals surface area contributed by atoms with Gasteiger partial charge in [-0.15, -0.1) is 0 Å². The van der Waals surface area contributed by atoms with Crippen LogP contribution in [-0.4, -0.2) is 19.5 Å². The van der Waals surface area contributed by atoms with Crippen LogP contribution < -0.4 is 0 Å². The van der Waals surface area contributed by atoms with Gasteiger partial charge in [-0.2, -0.15) is 0 Å². The van der Waals surface area contributed by atoms with Gasteiger partial charge < -0.3 is 9.05 Å². The Bertz CT molecular complexity index is 118. The Hall–Kier alpha value is 0.500. The SMILES string of the molecule is CCOP(=O)(OC)SCC. The van der Waals surface area contributed by atoms with Gasteiger partial charge in [0, 0.05) is 12.9 Å². The first-order chi connectivity index (χ1) is 4.68. The van der Waals surface area contributed by atoms with E-state index in [2.05, 4.69) is 0 Å². The summed E-state index contributed by atoms with van der Waals surface area (Å²) in [7, 11) is 1.40. The van der Waals surface area contributed by atoms with E-state index in [1.165, 1.54) is 18.5 Å². The van der Waals surface area contributed by atoms with Gasteiger partial charge in [0.25, 0.3) is 0 Å². The maximum absolute atomic E-state index is 11.3. The fraction of sp³-hybridized carbons (Fsp3) is 1.00. The van der Waals surface area contributed by atoms with Gasteiger partial charge in [-0.05, 0) is 18.3 Å². The molecule has 0 radical (unpaired) electrons. The van der Waals surface area contributed by atoms with E-state index < -0.39 is 6.80 Å². The predicted octanol–water partition coefficient (Wildman–Crippen LogP) is 2.53. The molecule has 10 heavy (non-hydrogen) atoms. The molecule has 0 saturated heterocycles. The fourth-order valence-electron chi connectivity index (χ4n) is 0.459. The van der Waals surface area contributed by atoms with Crippen molar-refractivity contribution < 1.29 is 13.6 Å². The molecule has 0 heterocycles. The predicted molar refractivity (Wildman–Crippen MR) is 44.4 cm³/mol. The third-order valence-electron chi connectivity index (χ3n) is 0.798. The van der Waals surface area contributed by atoms with Crippen molar-refractivity contribution in [2.75, 3.05) is 19.5 Å². The first kappa shape index (κ1) is 10.5. The average Bonchev–Trinajstić information content (AvgIpc) is 1.89. The lowest BCUT2D eigenvalue weighted by atomic mass is 10.9. The first-order valence-electron chi connectivity index (χ1n) is 3.13. The second-order valence-corrected chi connectivity index (χ2v) is 5.93. The Morgan fingerprint density at radius 1 is 1.50 bits per heavy atom. The van der Waals surface area contributed by atoms with E-state index in [1.54, 1.807) is 6.92 Å². The van der Waals surface area contributed by atoms with Gasteiger partial charge in [-0.1, -0.05) is 6.92 Å². The molecule has 0 aromatic heterocycles.